The number of phenols is 1. The number of cyclic esters (lactones) is 1. The average molecular weight is 925 g/mol. The molecule has 66 heavy (non-hydrogen) atoms. The molecule has 3 rings (SSSR count). The lowest BCUT2D eigenvalue weighted by atomic mass is 9.93. The van der Waals surface area contributed by atoms with Crippen molar-refractivity contribution in [3.63, 3.8) is 0 Å². The van der Waals surface area contributed by atoms with Gasteiger partial charge in [-0.15, -0.1) is 0 Å². The molecule has 8 N–H and O–H groups in total. The Hall–Kier alpha value is -6.01. The molecule has 0 aromatic heterocycles. The molecule has 2 aliphatic rings. The summed E-state index contributed by atoms with van der Waals surface area (Å²) in [5.41, 5.74) is 5.97. The lowest BCUT2D eigenvalue weighted by Gasteiger charge is -2.40. The second-order valence-electron chi connectivity index (χ2n) is 18.2. The zero-order valence-electron chi connectivity index (χ0n) is 40.1. The molecule has 0 spiro atoms. The number of carbonyl (C=O) groups is 9. The van der Waals surface area contributed by atoms with E-state index in [1.807, 2.05) is 20.8 Å². The van der Waals surface area contributed by atoms with Crippen molar-refractivity contribution in [2.45, 2.75) is 162 Å². The Bertz CT molecular complexity index is 1940. The number of primary amides is 1. The van der Waals surface area contributed by atoms with Crippen LogP contribution in [0, 0.1) is 23.7 Å². The second-order valence-corrected chi connectivity index (χ2v) is 18.2. The Morgan fingerprint density at radius 2 is 1.48 bits per heavy atom. The maximum absolute atomic E-state index is 14.8. The van der Waals surface area contributed by atoms with Crippen LogP contribution in [0.15, 0.2) is 36.5 Å². The van der Waals surface area contributed by atoms with E-state index in [0.717, 1.165) is 0 Å². The number of rotatable bonds is 16. The first-order valence-electron chi connectivity index (χ1n) is 23.1. The van der Waals surface area contributed by atoms with Gasteiger partial charge in [0.05, 0.1) is 0 Å². The van der Waals surface area contributed by atoms with Crippen LogP contribution in [-0.2, 0) is 54.3 Å². The van der Waals surface area contributed by atoms with Crippen LogP contribution >= 0.6 is 0 Å². The van der Waals surface area contributed by atoms with Crippen molar-refractivity contribution in [2.75, 3.05) is 7.05 Å². The van der Waals surface area contributed by atoms with Crippen LogP contribution in [0.1, 0.15) is 113 Å². The van der Waals surface area contributed by atoms with Crippen molar-refractivity contribution in [1.82, 2.24) is 36.4 Å². The van der Waals surface area contributed by atoms with Crippen molar-refractivity contribution in [3.8, 4) is 5.75 Å². The molecule has 19 heteroatoms. The molecular formula is C47H72N8O11. The van der Waals surface area contributed by atoms with Crippen LogP contribution in [0.3, 0.4) is 0 Å². The van der Waals surface area contributed by atoms with Gasteiger partial charge in [-0.3, -0.25) is 38.4 Å². The fourth-order valence-electron chi connectivity index (χ4n) is 7.68. The van der Waals surface area contributed by atoms with Gasteiger partial charge in [-0.2, -0.15) is 0 Å². The van der Waals surface area contributed by atoms with Crippen LogP contribution in [0.4, 0.5) is 0 Å². The van der Waals surface area contributed by atoms with E-state index in [0.29, 0.717) is 24.8 Å². The topological polar surface area (TPSA) is 276 Å². The summed E-state index contributed by atoms with van der Waals surface area (Å²) in [5, 5.41) is 23.4. The third kappa shape index (κ3) is 14.8. The molecule has 0 radical (unpaired) electrons. The van der Waals surface area contributed by atoms with E-state index in [4.69, 9.17) is 10.5 Å². The SMILES string of the molecule is CCC(C)C(=O)N[C@@H](CCC(N)=O)C(=O)N[C@@H]1C(=O)N[C@@H](CC(C)C)C(=O)N[C@H]2CC=CN(C2=O)[C@@H](C(C)CC)C(=O)N(C)C(Cc2ccc(O)cc2)C(=O)N[C@@H](C(C)CC)C(=O)O[C@@H]1C. The minimum atomic E-state index is -1.71. The first kappa shape index (κ1) is 54.3. The number of aromatic hydroxyl groups is 1. The van der Waals surface area contributed by atoms with Crippen LogP contribution in [-0.4, -0.2) is 124 Å². The summed E-state index contributed by atoms with van der Waals surface area (Å²) in [7, 11) is 1.43. The molecule has 1 aromatic rings. The van der Waals surface area contributed by atoms with Crippen molar-refractivity contribution < 1.29 is 53.0 Å². The van der Waals surface area contributed by atoms with Gasteiger partial charge in [0.2, 0.25) is 47.3 Å². The molecule has 366 valence electrons. The van der Waals surface area contributed by atoms with Gasteiger partial charge in [0.1, 0.15) is 54.1 Å². The highest BCUT2D eigenvalue weighted by atomic mass is 16.5. The molecule has 2 heterocycles. The molecular weight excluding hydrogens is 853 g/mol. The summed E-state index contributed by atoms with van der Waals surface area (Å²) >= 11 is 0. The van der Waals surface area contributed by atoms with Gasteiger partial charge >= 0.3 is 5.97 Å². The third-order valence-electron chi connectivity index (χ3n) is 12.6. The van der Waals surface area contributed by atoms with E-state index in [1.54, 1.807) is 52.8 Å². The highest BCUT2D eigenvalue weighted by Crippen LogP contribution is 2.25. The van der Waals surface area contributed by atoms with E-state index in [2.05, 4.69) is 26.6 Å². The lowest BCUT2D eigenvalue weighted by molar-refractivity contribution is -0.158. The van der Waals surface area contributed by atoms with Crippen LogP contribution in [0.25, 0.3) is 0 Å². The van der Waals surface area contributed by atoms with Crippen LogP contribution in [0.5, 0.6) is 5.75 Å². The number of phenolic OH excluding ortho intramolecular Hbond substituents is 1. The van der Waals surface area contributed by atoms with Crippen molar-refractivity contribution in [3.05, 3.63) is 42.1 Å². The smallest absolute Gasteiger partial charge is 0.329 e. The fraction of sp³-hybridized carbons (Fsp3) is 0.638. The van der Waals surface area contributed by atoms with Crippen molar-refractivity contribution in [1.29, 1.82) is 0 Å². The van der Waals surface area contributed by atoms with Crippen molar-refractivity contribution in [2.24, 2.45) is 29.4 Å². The highest BCUT2D eigenvalue weighted by molar-refractivity contribution is 5.99. The number of likely N-dealkylation sites (N-methyl/N-ethyl adjacent to an activating group) is 1. The summed E-state index contributed by atoms with van der Waals surface area (Å²) in [4.78, 5) is 128. The van der Waals surface area contributed by atoms with E-state index < -0.39 is 119 Å². The monoisotopic (exact) mass is 925 g/mol. The minimum Gasteiger partial charge on any atom is -0.508 e. The quantitative estimate of drug-likeness (QED) is 0.117. The first-order valence-corrected chi connectivity index (χ1v) is 23.1. The maximum Gasteiger partial charge on any atom is 0.329 e. The standard InChI is InChI=1S/C47H72N8O11/c1-11-26(6)37-47(65)66-29(9)38(53-41(59)32(20-21-36(48)57)49-40(58)28(8)13-3)44(62)51-34(23-25(4)5)42(60)50-33-15-14-22-55(45(33)63)39(27(7)12-2)46(64)54(10)35(43(61)52-37)24-30-16-18-31(56)19-17-30/h14,16-19,22,25-29,32-35,37-39,56H,11-13,15,20-21,23-24H2,1-10H3,(H2,48,57)(H,49,58)(H,50,60)(H,51,62)(H,52,61)(H,53,59)/t26?,27?,28?,29-,32+,33+,34+,35?,37+,38+,39+/m1/s1. The van der Waals surface area contributed by atoms with Gasteiger partial charge in [0.25, 0.3) is 0 Å². The number of amides is 8. The number of nitrogens with two attached hydrogens (primary N) is 1. The molecule has 2 bridgehead atoms. The molecule has 1 saturated heterocycles. The van der Waals surface area contributed by atoms with E-state index in [-0.39, 0.29) is 43.8 Å². The van der Waals surface area contributed by atoms with E-state index >= 15 is 0 Å². The highest BCUT2D eigenvalue weighted by Gasteiger charge is 2.44. The third-order valence-corrected chi connectivity index (χ3v) is 12.6. The molecule has 11 atom stereocenters. The number of hydrogen-bond donors (Lipinski definition) is 7. The van der Waals surface area contributed by atoms with Gasteiger partial charge in [0, 0.05) is 32.0 Å². The predicted molar refractivity (Wildman–Crippen MR) is 244 cm³/mol. The Labute approximate surface area is 388 Å². The predicted octanol–water partition coefficient (Wildman–Crippen LogP) is 1.70. The number of hydrogen-bond acceptors (Lipinski definition) is 11. The number of nitrogens with zero attached hydrogens (tertiary/aromatic N) is 2. The Balaban J connectivity index is 2.25. The summed E-state index contributed by atoms with van der Waals surface area (Å²) in [6.07, 6.45) is 2.43. The molecule has 2 aliphatic heterocycles. The maximum atomic E-state index is 14.8. The number of nitrogens with one attached hydrogen (secondary N) is 5. The van der Waals surface area contributed by atoms with Gasteiger partial charge in [-0.05, 0) is 68.1 Å². The number of carbonyl (C=O) groups excluding carboxylic acids is 9. The molecule has 8 amide bonds. The molecule has 19 nitrogen and oxygen atoms in total. The Kier molecular flexibility index (Phi) is 20.6. The Morgan fingerprint density at radius 1 is 0.848 bits per heavy atom. The second kappa shape index (κ2) is 25.0. The number of esters is 1. The lowest BCUT2D eigenvalue weighted by Crippen LogP contribution is -2.62. The summed E-state index contributed by atoms with van der Waals surface area (Å²) in [6, 6.07) is -3.22. The van der Waals surface area contributed by atoms with Gasteiger partial charge < -0.3 is 52.0 Å². The molecule has 0 aliphatic carbocycles. The van der Waals surface area contributed by atoms with Gasteiger partial charge in [-0.25, -0.2) is 4.79 Å². The fourth-order valence-corrected chi connectivity index (χ4v) is 7.68. The Morgan fingerprint density at radius 3 is 2.06 bits per heavy atom. The zero-order chi connectivity index (χ0) is 49.6. The molecule has 4 unspecified atom stereocenters. The minimum absolute atomic E-state index is 0.0218. The first-order chi connectivity index (χ1) is 31.0. The average Bonchev–Trinajstić information content (AvgIpc) is 3.27. The largest absolute Gasteiger partial charge is 0.508 e. The zero-order valence-corrected chi connectivity index (χ0v) is 40.1. The van der Waals surface area contributed by atoms with Gasteiger partial charge in [0.15, 0.2) is 0 Å². The normalized spacial score (nSPS) is 25.5. The van der Waals surface area contributed by atoms with Crippen LogP contribution < -0.4 is 32.3 Å². The number of benzene rings is 1. The molecule has 1 aromatic carbocycles. The number of ether oxygens (including phenoxy) is 1. The van der Waals surface area contributed by atoms with Crippen molar-refractivity contribution >= 4 is 53.2 Å². The van der Waals surface area contributed by atoms with E-state index in [1.165, 1.54) is 42.1 Å². The summed E-state index contributed by atoms with van der Waals surface area (Å²) in [6.45, 7) is 15.5. The summed E-state index contributed by atoms with van der Waals surface area (Å²) in [5.74, 6) is -8.49. The van der Waals surface area contributed by atoms with E-state index in [9.17, 15) is 48.3 Å². The number of fused-ring (bicyclic) bond motifs is 2. The summed E-state index contributed by atoms with van der Waals surface area (Å²) < 4.78 is 5.93. The molecule has 1 fully saturated rings. The van der Waals surface area contributed by atoms with Gasteiger partial charge in [-0.1, -0.05) is 86.4 Å². The van der Waals surface area contributed by atoms with Crippen LogP contribution in [0.2, 0.25) is 0 Å². The molecule has 0 saturated carbocycles.